The maximum absolute atomic E-state index is 5.72. The maximum atomic E-state index is 5.72. The van der Waals surface area contributed by atoms with Crippen LogP contribution in [0.3, 0.4) is 0 Å². The summed E-state index contributed by atoms with van der Waals surface area (Å²) in [4.78, 5) is 5.07. The van der Waals surface area contributed by atoms with E-state index in [4.69, 9.17) is 9.15 Å². The van der Waals surface area contributed by atoms with Gasteiger partial charge in [0.05, 0.1) is 25.5 Å². The minimum Gasteiger partial charge on any atom is -0.468 e. The van der Waals surface area contributed by atoms with E-state index in [1.165, 1.54) is 0 Å². The van der Waals surface area contributed by atoms with Crippen molar-refractivity contribution in [3.05, 3.63) is 24.2 Å². The zero-order valence-corrected chi connectivity index (χ0v) is 12.3. The SMILES string of the molecule is CC1CNCCN1C(CN1CCOCC1)c1ccco1. The summed E-state index contributed by atoms with van der Waals surface area (Å²) in [5.74, 6) is 1.09. The summed E-state index contributed by atoms with van der Waals surface area (Å²) in [6.07, 6.45) is 1.79. The van der Waals surface area contributed by atoms with Gasteiger partial charge in [0.1, 0.15) is 5.76 Å². The molecule has 1 aromatic heterocycles. The number of hydrogen-bond acceptors (Lipinski definition) is 5. The van der Waals surface area contributed by atoms with Gasteiger partial charge in [0.2, 0.25) is 0 Å². The van der Waals surface area contributed by atoms with Crippen molar-refractivity contribution in [1.29, 1.82) is 0 Å². The third kappa shape index (κ3) is 3.23. The molecule has 2 atom stereocenters. The smallest absolute Gasteiger partial charge is 0.122 e. The molecule has 2 saturated heterocycles. The Morgan fingerprint density at radius 1 is 1.35 bits per heavy atom. The van der Waals surface area contributed by atoms with Gasteiger partial charge < -0.3 is 14.5 Å². The Balaban J connectivity index is 1.73. The molecule has 112 valence electrons. The van der Waals surface area contributed by atoms with Crippen LogP contribution in [0.15, 0.2) is 22.8 Å². The summed E-state index contributed by atoms with van der Waals surface area (Å²) in [7, 11) is 0. The zero-order valence-electron chi connectivity index (χ0n) is 12.3. The van der Waals surface area contributed by atoms with Crippen LogP contribution in [0.4, 0.5) is 0 Å². The lowest BCUT2D eigenvalue weighted by atomic mass is 10.1. The third-order valence-corrected chi connectivity index (χ3v) is 4.36. The molecule has 1 N–H and O–H groups in total. The summed E-state index contributed by atoms with van der Waals surface area (Å²) in [6.45, 7) is 10.3. The van der Waals surface area contributed by atoms with Crippen molar-refractivity contribution in [1.82, 2.24) is 15.1 Å². The van der Waals surface area contributed by atoms with Gasteiger partial charge in [-0.3, -0.25) is 9.80 Å². The molecule has 0 radical (unpaired) electrons. The highest BCUT2D eigenvalue weighted by molar-refractivity contribution is 5.07. The molecule has 5 heteroatoms. The molecule has 0 saturated carbocycles. The second-order valence-electron chi connectivity index (χ2n) is 5.74. The molecule has 20 heavy (non-hydrogen) atoms. The van der Waals surface area contributed by atoms with Gasteiger partial charge >= 0.3 is 0 Å². The van der Waals surface area contributed by atoms with E-state index in [-0.39, 0.29) is 0 Å². The van der Waals surface area contributed by atoms with Crippen molar-refractivity contribution in [3.8, 4) is 0 Å². The minimum absolute atomic E-state index is 0.347. The van der Waals surface area contributed by atoms with Crippen LogP contribution >= 0.6 is 0 Å². The van der Waals surface area contributed by atoms with Crippen LogP contribution in [0.5, 0.6) is 0 Å². The van der Waals surface area contributed by atoms with E-state index in [1.54, 1.807) is 6.26 Å². The van der Waals surface area contributed by atoms with E-state index in [1.807, 2.05) is 6.07 Å². The van der Waals surface area contributed by atoms with Crippen LogP contribution in [0, 0.1) is 0 Å². The lowest BCUT2D eigenvalue weighted by Gasteiger charge is -2.41. The fraction of sp³-hybridized carbons (Fsp3) is 0.733. The molecular weight excluding hydrogens is 254 g/mol. The van der Waals surface area contributed by atoms with Gasteiger partial charge in [-0.15, -0.1) is 0 Å². The first-order chi connectivity index (χ1) is 9.84. The van der Waals surface area contributed by atoms with E-state index in [0.717, 1.165) is 58.2 Å². The normalized spacial score (nSPS) is 27.6. The van der Waals surface area contributed by atoms with E-state index in [9.17, 15) is 0 Å². The van der Waals surface area contributed by atoms with Crippen molar-refractivity contribution in [3.63, 3.8) is 0 Å². The van der Waals surface area contributed by atoms with Crippen molar-refractivity contribution in [2.24, 2.45) is 0 Å². The topological polar surface area (TPSA) is 40.9 Å². The third-order valence-electron chi connectivity index (χ3n) is 4.36. The zero-order chi connectivity index (χ0) is 13.8. The highest BCUT2D eigenvalue weighted by Crippen LogP contribution is 2.25. The van der Waals surface area contributed by atoms with Crippen LogP contribution in [0.2, 0.25) is 0 Å². The first-order valence-corrected chi connectivity index (χ1v) is 7.64. The Bertz CT molecular complexity index is 390. The van der Waals surface area contributed by atoms with E-state index >= 15 is 0 Å². The van der Waals surface area contributed by atoms with Crippen molar-refractivity contribution in [2.75, 3.05) is 52.5 Å². The van der Waals surface area contributed by atoms with Gasteiger partial charge in [-0.25, -0.2) is 0 Å². The highest BCUT2D eigenvalue weighted by atomic mass is 16.5. The Labute approximate surface area is 120 Å². The molecule has 3 heterocycles. The predicted octanol–water partition coefficient (Wildman–Crippen LogP) is 0.947. The molecule has 0 amide bonds. The Morgan fingerprint density at radius 2 is 2.20 bits per heavy atom. The molecule has 0 aliphatic carbocycles. The van der Waals surface area contributed by atoms with Crippen LogP contribution < -0.4 is 5.32 Å². The Hall–Kier alpha value is -0.880. The molecule has 1 aromatic rings. The largest absolute Gasteiger partial charge is 0.468 e. The van der Waals surface area contributed by atoms with Crippen molar-refractivity contribution in [2.45, 2.75) is 19.0 Å². The highest BCUT2D eigenvalue weighted by Gasteiger charge is 2.30. The molecule has 2 unspecified atom stereocenters. The summed E-state index contributed by atoms with van der Waals surface area (Å²) in [5, 5.41) is 3.46. The van der Waals surface area contributed by atoms with Crippen LogP contribution in [0.1, 0.15) is 18.7 Å². The number of nitrogens with one attached hydrogen (secondary N) is 1. The van der Waals surface area contributed by atoms with Crippen molar-refractivity contribution >= 4 is 0 Å². The lowest BCUT2D eigenvalue weighted by molar-refractivity contribution is 0.00979. The second-order valence-corrected chi connectivity index (χ2v) is 5.74. The second kappa shape index (κ2) is 6.72. The van der Waals surface area contributed by atoms with Gasteiger partial charge in [-0.05, 0) is 19.1 Å². The van der Waals surface area contributed by atoms with E-state index in [2.05, 4.69) is 28.1 Å². The number of furan rings is 1. The van der Waals surface area contributed by atoms with E-state index < -0.39 is 0 Å². The average molecular weight is 279 g/mol. The van der Waals surface area contributed by atoms with Crippen LogP contribution in [-0.4, -0.2) is 68.3 Å². The molecule has 2 fully saturated rings. The molecule has 2 aliphatic heterocycles. The van der Waals surface area contributed by atoms with E-state index in [0.29, 0.717) is 12.1 Å². The van der Waals surface area contributed by atoms with Crippen LogP contribution in [0.25, 0.3) is 0 Å². The van der Waals surface area contributed by atoms with Crippen LogP contribution in [-0.2, 0) is 4.74 Å². The predicted molar refractivity (Wildman–Crippen MR) is 77.7 cm³/mol. The quantitative estimate of drug-likeness (QED) is 0.888. The fourth-order valence-electron chi connectivity index (χ4n) is 3.19. The monoisotopic (exact) mass is 279 g/mol. The molecule has 0 bridgehead atoms. The van der Waals surface area contributed by atoms with Gasteiger partial charge in [-0.2, -0.15) is 0 Å². The first kappa shape index (κ1) is 14.1. The van der Waals surface area contributed by atoms with Gasteiger partial charge in [0.15, 0.2) is 0 Å². The number of morpholine rings is 1. The maximum Gasteiger partial charge on any atom is 0.122 e. The molecule has 0 aromatic carbocycles. The molecule has 2 aliphatic rings. The summed E-state index contributed by atoms with van der Waals surface area (Å²) in [5.41, 5.74) is 0. The Morgan fingerprint density at radius 3 is 2.90 bits per heavy atom. The lowest BCUT2D eigenvalue weighted by Crippen LogP contribution is -2.53. The Kier molecular flexibility index (Phi) is 4.73. The minimum atomic E-state index is 0.347. The van der Waals surface area contributed by atoms with Crippen molar-refractivity contribution < 1.29 is 9.15 Å². The fourth-order valence-corrected chi connectivity index (χ4v) is 3.19. The molecule has 0 spiro atoms. The number of nitrogens with zero attached hydrogens (tertiary/aromatic N) is 2. The first-order valence-electron chi connectivity index (χ1n) is 7.64. The number of ether oxygens (including phenoxy) is 1. The van der Waals surface area contributed by atoms with Gasteiger partial charge in [0, 0.05) is 45.3 Å². The van der Waals surface area contributed by atoms with Gasteiger partial charge in [-0.1, -0.05) is 0 Å². The number of hydrogen-bond donors (Lipinski definition) is 1. The molecule has 3 rings (SSSR count). The average Bonchev–Trinajstić information content (AvgIpc) is 3.01. The number of rotatable bonds is 4. The number of piperazine rings is 1. The molecule has 5 nitrogen and oxygen atoms in total. The summed E-state index contributed by atoms with van der Waals surface area (Å²) < 4.78 is 11.2. The summed E-state index contributed by atoms with van der Waals surface area (Å²) in [6, 6.07) is 4.99. The van der Waals surface area contributed by atoms with Gasteiger partial charge in [0.25, 0.3) is 0 Å². The molecular formula is C15H25N3O2. The standard InChI is InChI=1S/C15H25N3O2/c1-13-11-16-4-5-18(13)14(15-3-2-8-20-15)12-17-6-9-19-10-7-17/h2-3,8,13-14,16H,4-7,9-12H2,1H3. The summed E-state index contributed by atoms with van der Waals surface area (Å²) >= 11 is 0.